The standard InChI is InChI=1S/C21H29FN2O6S/c1-15(20(25)23-14-16-5-3-2-4-6-16)30-21(26)18-13-17(7-8-19(18)22)31(27,28)24-9-11-29-12-10-24/h7-8,13,15-16H,2-6,9-12,14H2,1H3,(H,23,25)/t15-/m0/s1. The Kier molecular flexibility index (Phi) is 8.01. The first-order valence-electron chi connectivity index (χ1n) is 10.6. The second kappa shape index (κ2) is 10.5. The van der Waals surface area contributed by atoms with Gasteiger partial charge in [-0.3, -0.25) is 4.79 Å². The van der Waals surface area contributed by atoms with E-state index < -0.39 is 39.4 Å². The van der Waals surface area contributed by atoms with Crippen molar-refractivity contribution in [2.75, 3.05) is 32.8 Å². The topological polar surface area (TPSA) is 102 Å². The van der Waals surface area contributed by atoms with Gasteiger partial charge in [0.15, 0.2) is 6.10 Å². The molecule has 0 radical (unpaired) electrons. The van der Waals surface area contributed by atoms with Gasteiger partial charge in [0.1, 0.15) is 5.82 Å². The third-order valence-corrected chi connectivity index (χ3v) is 7.60. The van der Waals surface area contributed by atoms with E-state index in [9.17, 15) is 22.4 Å². The molecule has 0 aromatic heterocycles. The zero-order valence-corrected chi connectivity index (χ0v) is 18.5. The van der Waals surface area contributed by atoms with Crippen LogP contribution >= 0.6 is 0 Å². The first-order valence-corrected chi connectivity index (χ1v) is 12.1. The number of esters is 1. The van der Waals surface area contributed by atoms with Crippen LogP contribution in [0.4, 0.5) is 4.39 Å². The fourth-order valence-corrected chi connectivity index (χ4v) is 5.25. The number of hydrogen-bond acceptors (Lipinski definition) is 6. The lowest BCUT2D eigenvalue weighted by molar-refractivity contribution is -0.129. The molecule has 1 saturated heterocycles. The number of carbonyl (C=O) groups is 2. The zero-order valence-electron chi connectivity index (χ0n) is 17.6. The molecule has 0 bridgehead atoms. The highest BCUT2D eigenvalue weighted by Crippen LogP contribution is 2.23. The predicted octanol–water partition coefficient (Wildman–Crippen LogP) is 2.09. The van der Waals surface area contributed by atoms with Crippen LogP contribution in [0.5, 0.6) is 0 Å². The molecular weight excluding hydrogens is 427 g/mol. The second-order valence-electron chi connectivity index (χ2n) is 7.95. The Morgan fingerprint density at radius 3 is 2.58 bits per heavy atom. The van der Waals surface area contributed by atoms with E-state index in [0.29, 0.717) is 12.5 Å². The van der Waals surface area contributed by atoms with Crippen molar-refractivity contribution in [2.24, 2.45) is 5.92 Å². The number of halogens is 1. The van der Waals surface area contributed by atoms with E-state index in [1.165, 1.54) is 17.6 Å². The van der Waals surface area contributed by atoms with Crippen LogP contribution in [0.1, 0.15) is 49.4 Å². The maximum atomic E-state index is 14.3. The zero-order chi connectivity index (χ0) is 22.4. The normalized spacial score (nSPS) is 19.5. The third-order valence-electron chi connectivity index (χ3n) is 5.71. The summed E-state index contributed by atoms with van der Waals surface area (Å²) in [5.41, 5.74) is -0.527. The Morgan fingerprint density at radius 2 is 1.90 bits per heavy atom. The molecule has 0 spiro atoms. The number of sulfonamides is 1. The fraction of sp³-hybridized carbons (Fsp3) is 0.619. The van der Waals surface area contributed by atoms with Crippen molar-refractivity contribution >= 4 is 21.9 Å². The third kappa shape index (κ3) is 6.02. The van der Waals surface area contributed by atoms with Crippen LogP contribution in [0.25, 0.3) is 0 Å². The van der Waals surface area contributed by atoms with Crippen LogP contribution in [0, 0.1) is 11.7 Å². The Bertz CT molecular complexity index is 895. The SMILES string of the molecule is C[C@H](OC(=O)c1cc(S(=O)(=O)N2CCOCC2)ccc1F)C(=O)NCC1CCCCC1. The van der Waals surface area contributed by atoms with Crippen molar-refractivity contribution in [3.8, 4) is 0 Å². The molecule has 1 amide bonds. The molecular formula is C21H29FN2O6S. The molecule has 1 aliphatic heterocycles. The van der Waals surface area contributed by atoms with Crippen LogP contribution < -0.4 is 5.32 Å². The number of hydrogen-bond donors (Lipinski definition) is 1. The Balaban J connectivity index is 1.63. The summed E-state index contributed by atoms with van der Waals surface area (Å²) < 4.78 is 51.3. The molecule has 3 rings (SSSR count). The monoisotopic (exact) mass is 456 g/mol. The lowest BCUT2D eigenvalue weighted by Crippen LogP contribution is -2.40. The van der Waals surface area contributed by atoms with Crippen molar-refractivity contribution in [1.82, 2.24) is 9.62 Å². The van der Waals surface area contributed by atoms with Crippen molar-refractivity contribution in [3.05, 3.63) is 29.6 Å². The van der Waals surface area contributed by atoms with Crippen LogP contribution in [-0.4, -0.2) is 63.6 Å². The van der Waals surface area contributed by atoms with E-state index in [-0.39, 0.29) is 31.2 Å². The summed E-state index contributed by atoms with van der Waals surface area (Å²) >= 11 is 0. The second-order valence-corrected chi connectivity index (χ2v) is 9.89. The van der Waals surface area contributed by atoms with E-state index >= 15 is 0 Å². The summed E-state index contributed by atoms with van der Waals surface area (Å²) in [5.74, 6) is -2.05. The number of benzene rings is 1. The van der Waals surface area contributed by atoms with Gasteiger partial charge in [-0.1, -0.05) is 19.3 Å². The highest BCUT2D eigenvalue weighted by Gasteiger charge is 2.29. The summed E-state index contributed by atoms with van der Waals surface area (Å²) in [5, 5.41) is 2.78. The maximum Gasteiger partial charge on any atom is 0.341 e. The summed E-state index contributed by atoms with van der Waals surface area (Å²) in [6.07, 6.45) is 4.50. The molecule has 1 aromatic carbocycles. The molecule has 2 aliphatic rings. The summed E-state index contributed by atoms with van der Waals surface area (Å²) in [4.78, 5) is 24.5. The molecule has 2 fully saturated rings. The van der Waals surface area contributed by atoms with E-state index in [2.05, 4.69) is 5.32 Å². The molecule has 1 aliphatic carbocycles. The Labute approximate surface area is 182 Å². The number of carbonyl (C=O) groups excluding carboxylic acids is 2. The first-order chi connectivity index (χ1) is 14.8. The maximum absolute atomic E-state index is 14.3. The van der Waals surface area contributed by atoms with Crippen molar-refractivity contribution < 1.29 is 31.9 Å². The first kappa shape index (κ1) is 23.6. The van der Waals surface area contributed by atoms with Gasteiger partial charge in [0.25, 0.3) is 5.91 Å². The van der Waals surface area contributed by atoms with Crippen molar-refractivity contribution in [3.63, 3.8) is 0 Å². The number of nitrogens with zero attached hydrogens (tertiary/aromatic N) is 1. The molecule has 1 aromatic rings. The summed E-state index contributed by atoms with van der Waals surface area (Å²) in [6.45, 7) is 2.81. The number of rotatable bonds is 7. The van der Waals surface area contributed by atoms with Gasteiger partial charge in [-0.25, -0.2) is 17.6 Å². The minimum absolute atomic E-state index is 0.178. The Morgan fingerprint density at radius 1 is 1.23 bits per heavy atom. The lowest BCUT2D eigenvalue weighted by Gasteiger charge is -2.26. The number of morpholine rings is 1. The van der Waals surface area contributed by atoms with Gasteiger partial charge in [-0.2, -0.15) is 4.31 Å². The minimum atomic E-state index is -3.90. The summed E-state index contributed by atoms with van der Waals surface area (Å²) in [6, 6.07) is 2.98. The van der Waals surface area contributed by atoms with Gasteiger partial charge in [0, 0.05) is 19.6 Å². The van der Waals surface area contributed by atoms with Crippen LogP contribution in [0.2, 0.25) is 0 Å². The molecule has 0 unspecified atom stereocenters. The highest BCUT2D eigenvalue weighted by atomic mass is 32.2. The molecule has 1 atom stereocenters. The minimum Gasteiger partial charge on any atom is -0.449 e. The number of amides is 1. The van der Waals surface area contributed by atoms with Gasteiger partial charge in [-0.15, -0.1) is 0 Å². The molecule has 172 valence electrons. The molecule has 31 heavy (non-hydrogen) atoms. The van der Waals surface area contributed by atoms with Crippen LogP contribution in [-0.2, 0) is 24.3 Å². The Hall–Kier alpha value is -2.04. The van der Waals surface area contributed by atoms with Crippen molar-refractivity contribution in [2.45, 2.75) is 50.0 Å². The molecule has 10 heteroatoms. The smallest absolute Gasteiger partial charge is 0.341 e. The quantitative estimate of drug-likeness (QED) is 0.631. The van der Waals surface area contributed by atoms with Crippen molar-refractivity contribution in [1.29, 1.82) is 0 Å². The van der Waals surface area contributed by atoms with Gasteiger partial charge >= 0.3 is 5.97 Å². The van der Waals surface area contributed by atoms with Crippen LogP contribution in [0.15, 0.2) is 23.1 Å². The van der Waals surface area contributed by atoms with E-state index in [0.717, 1.165) is 43.9 Å². The van der Waals surface area contributed by atoms with E-state index in [1.54, 1.807) is 0 Å². The van der Waals surface area contributed by atoms with Gasteiger partial charge in [0.2, 0.25) is 10.0 Å². The van der Waals surface area contributed by atoms with Gasteiger partial charge < -0.3 is 14.8 Å². The number of nitrogens with one attached hydrogen (secondary N) is 1. The predicted molar refractivity (Wildman–Crippen MR) is 110 cm³/mol. The molecule has 1 heterocycles. The molecule has 1 saturated carbocycles. The highest BCUT2D eigenvalue weighted by molar-refractivity contribution is 7.89. The van der Waals surface area contributed by atoms with E-state index in [4.69, 9.17) is 9.47 Å². The largest absolute Gasteiger partial charge is 0.449 e. The number of ether oxygens (including phenoxy) is 2. The average molecular weight is 457 g/mol. The molecule has 8 nitrogen and oxygen atoms in total. The average Bonchev–Trinajstić information content (AvgIpc) is 2.78. The van der Waals surface area contributed by atoms with E-state index in [1.807, 2.05) is 0 Å². The molecule has 1 N–H and O–H groups in total. The fourth-order valence-electron chi connectivity index (χ4n) is 3.81. The summed E-state index contributed by atoms with van der Waals surface area (Å²) in [7, 11) is -3.90. The van der Waals surface area contributed by atoms with Gasteiger partial charge in [0.05, 0.1) is 23.7 Å². The van der Waals surface area contributed by atoms with Gasteiger partial charge in [-0.05, 0) is 43.9 Å². The lowest BCUT2D eigenvalue weighted by atomic mass is 9.89. The van der Waals surface area contributed by atoms with Crippen LogP contribution in [0.3, 0.4) is 0 Å².